The Morgan fingerprint density at radius 2 is 2.19 bits per heavy atom. The van der Waals surface area contributed by atoms with E-state index >= 15 is 0 Å². The van der Waals surface area contributed by atoms with Gasteiger partial charge in [-0.3, -0.25) is 10.1 Å². The maximum atomic E-state index is 10.9. The highest BCUT2D eigenvalue weighted by Gasteiger charge is 2.17. The predicted octanol–water partition coefficient (Wildman–Crippen LogP) is 2.00. The molecule has 0 saturated carbocycles. The summed E-state index contributed by atoms with van der Waals surface area (Å²) in [5, 5.41) is 19.6. The molecule has 0 aliphatic carbocycles. The van der Waals surface area contributed by atoms with Crippen molar-refractivity contribution in [1.82, 2.24) is 4.90 Å². The van der Waals surface area contributed by atoms with Crippen LogP contribution in [0.5, 0.6) is 0 Å². The number of hydrogen-bond donors (Lipinski definition) is 0. The van der Waals surface area contributed by atoms with Gasteiger partial charge in [0, 0.05) is 14.1 Å². The number of rotatable bonds is 3. The van der Waals surface area contributed by atoms with Gasteiger partial charge in [0.25, 0.3) is 5.69 Å². The van der Waals surface area contributed by atoms with Gasteiger partial charge in [-0.1, -0.05) is 6.07 Å². The van der Waals surface area contributed by atoms with Crippen LogP contribution in [0.15, 0.2) is 24.4 Å². The Morgan fingerprint density at radius 1 is 1.50 bits per heavy atom. The molecule has 0 saturated heterocycles. The number of nitro groups is 1. The van der Waals surface area contributed by atoms with Crippen LogP contribution in [0, 0.1) is 21.4 Å². The third-order valence-corrected chi connectivity index (χ3v) is 1.92. The Kier molecular flexibility index (Phi) is 3.62. The van der Waals surface area contributed by atoms with Crippen LogP contribution in [0.3, 0.4) is 0 Å². The van der Waals surface area contributed by atoms with E-state index in [-0.39, 0.29) is 11.3 Å². The van der Waals surface area contributed by atoms with Crippen LogP contribution in [0.25, 0.3) is 6.08 Å². The molecule has 0 atom stereocenters. The molecule has 0 bridgehead atoms. The summed E-state index contributed by atoms with van der Waals surface area (Å²) in [7, 11) is 3.63. The van der Waals surface area contributed by atoms with Gasteiger partial charge in [0.2, 0.25) is 0 Å². The van der Waals surface area contributed by atoms with Gasteiger partial charge in [0.15, 0.2) is 0 Å². The van der Waals surface area contributed by atoms with Crippen LogP contribution in [-0.2, 0) is 0 Å². The quantitative estimate of drug-likeness (QED) is 0.573. The van der Waals surface area contributed by atoms with E-state index < -0.39 is 4.92 Å². The zero-order valence-electron chi connectivity index (χ0n) is 9.04. The Labute approximate surface area is 93.4 Å². The first-order chi connectivity index (χ1) is 7.56. The Morgan fingerprint density at radius 3 is 2.69 bits per heavy atom. The average molecular weight is 217 g/mol. The van der Waals surface area contributed by atoms with Crippen molar-refractivity contribution in [3.05, 3.63) is 45.6 Å². The standard InChI is InChI=1S/C11H11N3O2/c1-13(2)7-6-9-4-3-5-10(8-12)11(9)14(15)16/h3-7H,1-2H3. The molecule has 0 N–H and O–H groups in total. The zero-order chi connectivity index (χ0) is 12.1. The maximum Gasteiger partial charge on any atom is 0.294 e. The minimum Gasteiger partial charge on any atom is -0.383 e. The number of nitriles is 1. The van der Waals surface area contributed by atoms with Crippen LogP contribution in [-0.4, -0.2) is 23.9 Å². The molecule has 5 heteroatoms. The average Bonchev–Trinajstić information content (AvgIpc) is 2.25. The minimum absolute atomic E-state index is 0.0749. The number of nitrogens with zero attached hydrogens (tertiary/aromatic N) is 3. The van der Waals surface area contributed by atoms with Crippen LogP contribution < -0.4 is 0 Å². The van der Waals surface area contributed by atoms with Gasteiger partial charge in [0.05, 0.1) is 10.5 Å². The molecule has 0 amide bonds. The Balaban J connectivity index is 3.29. The molecule has 1 aromatic rings. The molecule has 0 spiro atoms. The van der Waals surface area contributed by atoms with E-state index in [1.165, 1.54) is 6.07 Å². The second-order valence-electron chi connectivity index (χ2n) is 3.39. The van der Waals surface area contributed by atoms with Gasteiger partial charge in [-0.15, -0.1) is 0 Å². The smallest absolute Gasteiger partial charge is 0.294 e. The van der Waals surface area contributed by atoms with Crippen LogP contribution in [0.2, 0.25) is 0 Å². The predicted molar refractivity (Wildman–Crippen MR) is 60.5 cm³/mol. The normalized spacial score (nSPS) is 10.1. The van der Waals surface area contributed by atoms with Gasteiger partial charge in [0.1, 0.15) is 11.6 Å². The summed E-state index contributed by atoms with van der Waals surface area (Å²) < 4.78 is 0. The van der Waals surface area contributed by atoms with Crippen molar-refractivity contribution in [1.29, 1.82) is 5.26 Å². The van der Waals surface area contributed by atoms with Gasteiger partial charge in [-0.25, -0.2) is 0 Å². The third kappa shape index (κ3) is 2.58. The van der Waals surface area contributed by atoms with E-state index in [9.17, 15) is 10.1 Å². The Hall–Kier alpha value is -2.35. The highest BCUT2D eigenvalue weighted by atomic mass is 16.6. The summed E-state index contributed by atoms with van der Waals surface area (Å²) >= 11 is 0. The van der Waals surface area contributed by atoms with Crippen molar-refractivity contribution in [2.75, 3.05) is 14.1 Å². The first kappa shape index (κ1) is 11.7. The molecule has 0 radical (unpaired) electrons. The largest absolute Gasteiger partial charge is 0.383 e. The first-order valence-corrected chi connectivity index (χ1v) is 4.58. The number of benzene rings is 1. The third-order valence-electron chi connectivity index (χ3n) is 1.92. The molecule has 16 heavy (non-hydrogen) atoms. The summed E-state index contributed by atoms with van der Waals surface area (Å²) in [5.41, 5.74) is 0.353. The second-order valence-corrected chi connectivity index (χ2v) is 3.39. The maximum absolute atomic E-state index is 10.9. The van der Waals surface area contributed by atoms with Crippen molar-refractivity contribution in [2.45, 2.75) is 0 Å². The van der Waals surface area contributed by atoms with Crippen molar-refractivity contribution < 1.29 is 4.92 Å². The lowest BCUT2D eigenvalue weighted by atomic mass is 10.1. The van der Waals surface area contributed by atoms with Gasteiger partial charge in [-0.2, -0.15) is 5.26 Å². The summed E-state index contributed by atoms with van der Waals surface area (Å²) in [6, 6.07) is 6.49. The van der Waals surface area contributed by atoms with Crippen LogP contribution in [0.1, 0.15) is 11.1 Å². The molecular weight excluding hydrogens is 206 g/mol. The van der Waals surface area contributed by atoms with E-state index in [2.05, 4.69) is 0 Å². The number of nitro benzene ring substituents is 1. The second kappa shape index (κ2) is 4.94. The van der Waals surface area contributed by atoms with Crippen molar-refractivity contribution in [2.24, 2.45) is 0 Å². The van der Waals surface area contributed by atoms with E-state index in [0.29, 0.717) is 5.56 Å². The van der Waals surface area contributed by atoms with E-state index in [1.807, 2.05) is 20.2 Å². The Bertz CT molecular complexity index is 473. The molecule has 1 aromatic carbocycles. The van der Waals surface area contributed by atoms with E-state index in [4.69, 9.17) is 5.26 Å². The molecule has 0 aromatic heterocycles. The zero-order valence-corrected chi connectivity index (χ0v) is 9.04. The fourth-order valence-corrected chi connectivity index (χ4v) is 1.22. The SMILES string of the molecule is CN(C)C=Cc1cccc(C#N)c1[N+](=O)[O-]. The fourth-order valence-electron chi connectivity index (χ4n) is 1.22. The molecule has 82 valence electrons. The van der Waals surface area contributed by atoms with Crippen LogP contribution in [0.4, 0.5) is 5.69 Å². The summed E-state index contributed by atoms with van der Waals surface area (Å²) in [6.45, 7) is 0. The minimum atomic E-state index is -0.534. The monoisotopic (exact) mass is 217 g/mol. The lowest BCUT2D eigenvalue weighted by Crippen LogP contribution is -2.00. The number of para-hydroxylation sites is 1. The lowest BCUT2D eigenvalue weighted by Gasteiger charge is -2.04. The summed E-state index contributed by atoms with van der Waals surface area (Å²) in [6.07, 6.45) is 3.31. The molecule has 1 rings (SSSR count). The molecule has 0 fully saturated rings. The molecule has 0 heterocycles. The van der Waals surface area contributed by atoms with E-state index in [0.717, 1.165) is 0 Å². The highest BCUT2D eigenvalue weighted by molar-refractivity contribution is 5.66. The summed E-state index contributed by atoms with van der Waals surface area (Å²) in [5.74, 6) is 0. The highest BCUT2D eigenvalue weighted by Crippen LogP contribution is 2.24. The summed E-state index contributed by atoms with van der Waals surface area (Å²) in [4.78, 5) is 12.1. The van der Waals surface area contributed by atoms with Gasteiger partial charge in [-0.05, 0) is 24.4 Å². The molecule has 0 unspecified atom stereocenters. The molecule has 0 aliphatic heterocycles. The van der Waals surface area contributed by atoms with Crippen molar-refractivity contribution >= 4 is 11.8 Å². The fraction of sp³-hybridized carbons (Fsp3) is 0.182. The van der Waals surface area contributed by atoms with Gasteiger partial charge < -0.3 is 4.90 Å². The molecule has 5 nitrogen and oxygen atoms in total. The molecule has 0 aliphatic rings. The number of hydrogen-bond acceptors (Lipinski definition) is 4. The van der Waals surface area contributed by atoms with Crippen LogP contribution >= 0.6 is 0 Å². The first-order valence-electron chi connectivity index (χ1n) is 4.58. The molecular formula is C11H11N3O2. The van der Waals surface area contributed by atoms with E-state index in [1.54, 1.807) is 29.3 Å². The van der Waals surface area contributed by atoms with Crippen molar-refractivity contribution in [3.8, 4) is 6.07 Å². The van der Waals surface area contributed by atoms with Crippen molar-refractivity contribution in [3.63, 3.8) is 0 Å². The lowest BCUT2D eigenvalue weighted by molar-refractivity contribution is -0.385. The topological polar surface area (TPSA) is 70.2 Å². The van der Waals surface area contributed by atoms with Gasteiger partial charge >= 0.3 is 0 Å².